The molecule has 0 amide bonds. The average Bonchev–Trinajstić information content (AvgIpc) is 3.67. The summed E-state index contributed by atoms with van der Waals surface area (Å²) in [6.45, 7) is -0.534. The van der Waals surface area contributed by atoms with Gasteiger partial charge in [0.1, 0.15) is 11.6 Å². The zero-order valence-corrected chi connectivity index (χ0v) is 36.7. The number of pyridine rings is 1. The smallest absolute Gasteiger partial charge is 0.148 e. The third-order valence-electron chi connectivity index (χ3n) is 10.8. The molecule has 2 heterocycles. The summed E-state index contributed by atoms with van der Waals surface area (Å²) in [5.41, 5.74) is 4.91. The van der Waals surface area contributed by atoms with Crippen molar-refractivity contribution < 1.29 is 42.6 Å². The van der Waals surface area contributed by atoms with Crippen molar-refractivity contribution in [2.45, 2.75) is 85.2 Å². The molecule has 60 heavy (non-hydrogen) atoms. The molecule has 8 aromatic rings. The molecule has 5 heteroatoms. The van der Waals surface area contributed by atoms with E-state index in [1.165, 1.54) is 12.1 Å². The van der Waals surface area contributed by atoms with Crippen molar-refractivity contribution in [2.24, 2.45) is 0 Å². The minimum atomic E-state index is -3.63. The fraction of sp³-hybridized carbons (Fsp3) is 0.236. The molecule has 0 radical (unpaired) electrons. The molecule has 0 spiro atoms. The second-order valence-electron chi connectivity index (χ2n) is 17.2. The van der Waals surface area contributed by atoms with Crippen LogP contribution in [0.4, 0.5) is 0 Å². The minimum absolute atomic E-state index is 0. The van der Waals surface area contributed by atoms with Gasteiger partial charge in [0, 0.05) is 55.1 Å². The fourth-order valence-corrected chi connectivity index (χ4v) is 7.65. The predicted octanol–water partition coefficient (Wildman–Crippen LogP) is 14.5. The number of benzene rings is 6. The average molecular weight is 980 g/mol. The number of hydrogen-bond acceptors (Lipinski definition) is 3. The van der Waals surface area contributed by atoms with Gasteiger partial charge in [0.15, 0.2) is 0 Å². The van der Waals surface area contributed by atoms with Crippen LogP contribution in [-0.2, 0) is 37.3 Å². The number of nitrogens with zero attached hydrogens (tertiary/aromatic N) is 3. The van der Waals surface area contributed by atoms with E-state index in [2.05, 4.69) is 47.6 Å². The zero-order valence-electron chi connectivity index (χ0n) is 46.4. The molecule has 0 aliphatic carbocycles. The Bertz CT molecular complexity index is 3250. The van der Waals surface area contributed by atoms with E-state index in [1.807, 2.05) is 95.6 Å². The minimum Gasteiger partial charge on any atom is -0.507 e. The van der Waals surface area contributed by atoms with Crippen molar-refractivity contribution >= 4 is 11.0 Å². The summed E-state index contributed by atoms with van der Waals surface area (Å²) in [7, 11) is 0. The third kappa shape index (κ3) is 8.28. The summed E-state index contributed by atoms with van der Waals surface area (Å²) >= 11 is 0. The van der Waals surface area contributed by atoms with Gasteiger partial charge in [0.05, 0.1) is 16.6 Å². The number of fused-ring (bicyclic) bond motifs is 1. The second-order valence-corrected chi connectivity index (χ2v) is 17.2. The number of hydrogen-bond donors (Lipinski definition) is 1. The number of aromatic hydroxyl groups is 1. The van der Waals surface area contributed by atoms with Crippen LogP contribution in [0.15, 0.2) is 140 Å². The van der Waals surface area contributed by atoms with Gasteiger partial charge in [-0.25, -0.2) is 4.98 Å². The van der Waals surface area contributed by atoms with Crippen molar-refractivity contribution in [1.82, 2.24) is 14.5 Å². The molecule has 0 bridgehead atoms. The Labute approximate surface area is 387 Å². The first kappa shape index (κ1) is 29.6. The summed E-state index contributed by atoms with van der Waals surface area (Å²) in [6, 6.07) is 43.7. The molecule has 0 atom stereocenters. The first-order valence-electron chi connectivity index (χ1n) is 25.6. The number of imidazole rings is 1. The van der Waals surface area contributed by atoms with Crippen molar-refractivity contribution in [2.75, 3.05) is 0 Å². The molecule has 8 rings (SSSR count). The molecule has 0 saturated heterocycles. The predicted molar refractivity (Wildman–Crippen MR) is 247 cm³/mol. The topological polar surface area (TPSA) is 50.9 Å². The van der Waals surface area contributed by atoms with E-state index in [1.54, 1.807) is 30.5 Å². The Morgan fingerprint density at radius 2 is 1.32 bits per heavy atom. The number of phenols is 1. The first-order valence-corrected chi connectivity index (χ1v) is 19.6. The number of rotatable bonds is 6. The summed E-state index contributed by atoms with van der Waals surface area (Å²) in [5, 5.41) is 12.4. The van der Waals surface area contributed by atoms with Crippen LogP contribution in [0.5, 0.6) is 5.75 Å². The summed E-state index contributed by atoms with van der Waals surface area (Å²) in [6.07, 6.45) is 1.70. The molecular weight excluding hydrogens is 914 g/mol. The second kappa shape index (κ2) is 16.1. The first-order chi connectivity index (χ1) is 32.9. The Balaban J connectivity index is 0.00000760. The van der Waals surface area contributed by atoms with Crippen LogP contribution in [0.3, 0.4) is 0 Å². The Morgan fingerprint density at radius 3 is 2.02 bits per heavy atom. The van der Waals surface area contributed by atoms with Gasteiger partial charge in [-0.2, -0.15) is 0 Å². The van der Waals surface area contributed by atoms with Crippen molar-refractivity contribution in [3.05, 3.63) is 168 Å². The van der Waals surface area contributed by atoms with Gasteiger partial charge in [-0.15, -0.1) is 29.3 Å². The van der Waals surface area contributed by atoms with Gasteiger partial charge in [-0.05, 0) is 86.8 Å². The number of aromatic nitrogens is 3. The molecule has 0 unspecified atom stereocenters. The van der Waals surface area contributed by atoms with Gasteiger partial charge in [-0.3, -0.25) is 9.55 Å². The van der Waals surface area contributed by atoms with Crippen LogP contribution in [0.25, 0.3) is 72.7 Å². The monoisotopic (exact) mass is 979 g/mol. The van der Waals surface area contributed by atoms with Gasteiger partial charge < -0.3 is 5.11 Å². The molecule has 6 aromatic carbocycles. The van der Waals surface area contributed by atoms with Gasteiger partial charge >= 0.3 is 0 Å². The quantitative estimate of drug-likeness (QED) is 0.169. The van der Waals surface area contributed by atoms with Crippen LogP contribution >= 0.6 is 0 Å². The maximum absolute atomic E-state index is 12.4. The van der Waals surface area contributed by atoms with Crippen LogP contribution in [-0.4, -0.2) is 19.6 Å². The van der Waals surface area contributed by atoms with Crippen molar-refractivity contribution in [1.29, 1.82) is 0 Å². The van der Waals surface area contributed by atoms with E-state index in [-0.39, 0.29) is 43.4 Å². The van der Waals surface area contributed by atoms with Gasteiger partial charge in [0.25, 0.3) is 0 Å². The number of para-hydroxylation sites is 2. The van der Waals surface area contributed by atoms with Crippen LogP contribution < -0.4 is 0 Å². The van der Waals surface area contributed by atoms with Gasteiger partial charge in [0.2, 0.25) is 0 Å². The number of phenolic OH excluding ortho intramolecular Hbond substituents is 1. The molecule has 2 aromatic heterocycles. The van der Waals surface area contributed by atoms with E-state index in [0.717, 1.165) is 39.4 Å². The molecule has 4 nitrogen and oxygen atoms in total. The normalized spacial score (nSPS) is 15.9. The summed E-state index contributed by atoms with van der Waals surface area (Å²) < 4.78 is 102. The SMILES string of the molecule is [2H]C([2H])([2H])c1ccc(-c2ccnc(-c3[c-]c(-c4cccc5c4nc(-c4cccc(C(C([2H])([2H])[2H])(C([2H])([2H])[2H])C([2H])([2H])[2H])c4O)n5-c4ccc(-c5ccccc5)c(C(C)(C)C)c4)cc(C(C)(C)C)c3)c2)cc1.[Pt]. The maximum Gasteiger partial charge on any atom is 0.148 e. The largest absolute Gasteiger partial charge is 0.507 e. The van der Waals surface area contributed by atoms with Gasteiger partial charge in [-0.1, -0.05) is 170 Å². The van der Waals surface area contributed by atoms with Crippen molar-refractivity contribution in [3.63, 3.8) is 0 Å². The van der Waals surface area contributed by atoms with Crippen LogP contribution in [0.1, 0.15) is 101 Å². The molecular formula is C55H54N3OPt-. The molecule has 0 fully saturated rings. The van der Waals surface area contributed by atoms with E-state index >= 15 is 0 Å². The Kier molecular flexibility index (Phi) is 7.96. The number of aryl methyl sites for hydroxylation is 1. The molecule has 0 aliphatic heterocycles. The van der Waals surface area contributed by atoms with Crippen LogP contribution in [0.2, 0.25) is 0 Å². The standard InChI is InChI=1S/C55H54N3O.Pt/c1-35-22-24-36(25-23-35)38-28-29-56-48(33-38)40-30-39(31-41(32-40)53(2,3)4)44-18-15-21-49-50(44)57-52(45-19-14-20-46(51(45)59)54(5,6)7)58(49)42-26-27-43(37-16-12-11-13-17-37)47(34-42)55(8,9)10;/h11-29,31-34,59H,1-10H3;/q-1;/i1D3,5D3,6D3,7D3;. The summed E-state index contributed by atoms with van der Waals surface area (Å²) in [4.78, 5) is 10.0. The molecule has 1 N–H and O–H groups in total. The van der Waals surface area contributed by atoms with Crippen LogP contribution in [0, 0.1) is 12.9 Å². The van der Waals surface area contributed by atoms with E-state index in [4.69, 9.17) is 26.4 Å². The van der Waals surface area contributed by atoms with E-state index in [0.29, 0.717) is 39.1 Å². The van der Waals surface area contributed by atoms with Crippen molar-refractivity contribution in [3.8, 4) is 67.5 Å². The molecule has 0 saturated carbocycles. The summed E-state index contributed by atoms with van der Waals surface area (Å²) in [5.74, 6) is -0.741. The third-order valence-corrected chi connectivity index (χ3v) is 10.8. The molecule has 306 valence electrons. The maximum atomic E-state index is 12.4. The van der Waals surface area contributed by atoms with E-state index in [9.17, 15) is 5.11 Å². The van der Waals surface area contributed by atoms with E-state index < -0.39 is 49.6 Å². The Morgan fingerprint density at radius 1 is 0.600 bits per heavy atom. The fourth-order valence-electron chi connectivity index (χ4n) is 7.65. The Hall–Kier alpha value is -5.57. The zero-order chi connectivity index (χ0) is 51.9. The molecule has 0 aliphatic rings.